The summed E-state index contributed by atoms with van der Waals surface area (Å²) < 4.78 is 9.64. The van der Waals surface area contributed by atoms with E-state index in [1.807, 2.05) is 0 Å². The number of carbonyl (C=O) groups is 2. The number of carbonyl (C=O) groups excluding carboxylic acids is 2. The van der Waals surface area contributed by atoms with E-state index < -0.39 is 29.0 Å². The van der Waals surface area contributed by atoms with Gasteiger partial charge < -0.3 is 9.47 Å². The van der Waals surface area contributed by atoms with Crippen LogP contribution in [0.25, 0.3) is 10.8 Å². The number of nitro groups is 1. The van der Waals surface area contributed by atoms with Gasteiger partial charge in [0.1, 0.15) is 0 Å². The molecule has 1 heterocycles. The van der Waals surface area contributed by atoms with Crippen LogP contribution in [0.4, 0.5) is 0 Å². The normalized spacial score (nSPS) is 17.7. The van der Waals surface area contributed by atoms with Crippen molar-refractivity contribution in [1.82, 2.24) is 0 Å². The summed E-state index contributed by atoms with van der Waals surface area (Å²) >= 11 is 0. The fourth-order valence-corrected chi connectivity index (χ4v) is 2.69. The van der Waals surface area contributed by atoms with E-state index in [0.29, 0.717) is 16.5 Å². The molecule has 22 heavy (non-hydrogen) atoms. The molecule has 0 N–H and O–H groups in total. The van der Waals surface area contributed by atoms with E-state index in [-0.39, 0.29) is 0 Å². The average molecular weight is 301 g/mol. The van der Waals surface area contributed by atoms with Crippen LogP contribution in [-0.2, 0) is 14.3 Å². The number of cyclic esters (lactones) is 1. The number of rotatable bonds is 3. The van der Waals surface area contributed by atoms with Crippen molar-refractivity contribution in [1.29, 1.82) is 0 Å². The molecule has 3 rings (SSSR count). The molecule has 0 bridgehead atoms. The Kier molecular flexibility index (Phi) is 3.25. The number of methoxy groups -OCH3 is 1. The lowest BCUT2D eigenvalue weighted by Gasteiger charge is -2.26. The van der Waals surface area contributed by atoms with E-state index in [1.54, 1.807) is 36.4 Å². The van der Waals surface area contributed by atoms with Crippen molar-refractivity contribution >= 4 is 22.7 Å². The zero-order valence-electron chi connectivity index (χ0n) is 11.5. The lowest BCUT2D eigenvalue weighted by molar-refractivity contribution is -0.522. The van der Waals surface area contributed by atoms with E-state index in [1.165, 1.54) is 0 Å². The molecule has 0 spiro atoms. The predicted molar refractivity (Wildman–Crippen MR) is 74.9 cm³/mol. The summed E-state index contributed by atoms with van der Waals surface area (Å²) in [6, 6.07) is 8.38. The minimum atomic E-state index is -1.80. The minimum Gasteiger partial charge on any atom is -0.464 e. The highest BCUT2D eigenvalue weighted by molar-refractivity contribution is 6.08. The van der Waals surface area contributed by atoms with Crippen LogP contribution in [0, 0.1) is 10.1 Å². The third-order valence-corrected chi connectivity index (χ3v) is 3.65. The number of esters is 2. The van der Waals surface area contributed by atoms with Crippen molar-refractivity contribution in [3.05, 3.63) is 57.6 Å². The van der Waals surface area contributed by atoms with Crippen molar-refractivity contribution in [3.8, 4) is 0 Å². The Hall–Kier alpha value is -2.96. The Labute approximate surface area is 124 Å². The van der Waals surface area contributed by atoms with Gasteiger partial charge in [0.2, 0.25) is 6.10 Å². The van der Waals surface area contributed by atoms with Gasteiger partial charge in [0, 0.05) is 15.9 Å². The van der Waals surface area contributed by atoms with Crippen molar-refractivity contribution in [2.75, 3.05) is 7.11 Å². The molecule has 1 aliphatic heterocycles. The van der Waals surface area contributed by atoms with E-state index in [4.69, 9.17) is 4.74 Å². The molecule has 2 atom stereocenters. The zero-order valence-corrected chi connectivity index (χ0v) is 11.5. The van der Waals surface area contributed by atoms with Crippen molar-refractivity contribution in [3.63, 3.8) is 0 Å². The van der Waals surface area contributed by atoms with Gasteiger partial charge in [0.15, 0.2) is 0 Å². The van der Waals surface area contributed by atoms with Gasteiger partial charge in [-0.25, -0.2) is 9.59 Å². The number of hydrogen-bond acceptors (Lipinski definition) is 6. The monoisotopic (exact) mass is 301 g/mol. The van der Waals surface area contributed by atoms with Crippen molar-refractivity contribution in [2.45, 2.75) is 12.1 Å². The van der Waals surface area contributed by atoms with Crippen molar-refractivity contribution in [2.24, 2.45) is 0 Å². The summed E-state index contributed by atoms with van der Waals surface area (Å²) in [5.41, 5.74) is 0.760. The molecule has 2 aromatic carbocycles. The maximum atomic E-state index is 12.1. The van der Waals surface area contributed by atoms with E-state index >= 15 is 0 Å². The summed E-state index contributed by atoms with van der Waals surface area (Å²) in [4.78, 5) is 34.3. The average Bonchev–Trinajstić information content (AvgIpc) is 2.51. The fourth-order valence-electron chi connectivity index (χ4n) is 2.69. The first-order valence-electron chi connectivity index (χ1n) is 6.48. The molecule has 0 saturated heterocycles. The molecule has 112 valence electrons. The second kappa shape index (κ2) is 5.10. The zero-order chi connectivity index (χ0) is 15.9. The van der Waals surface area contributed by atoms with Gasteiger partial charge in [-0.3, -0.25) is 10.1 Å². The molecule has 0 saturated carbocycles. The Balaban J connectivity index is 2.24. The molecule has 2 unspecified atom stereocenters. The lowest BCUT2D eigenvalue weighted by Crippen LogP contribution is -2.40. The van der Waals surface area contributed by atoms with Crippen LogP contribution in [0.1, 0.15) is 22.0 Å². The topological polar surface area (TPSA) is 95.7 Å². The van der Waals surface area contributed by atoms with Gasteiger partial charge >= 0.3 is 18.0 Å². The maximum absolute atomic E-state index is 12.1. The van der Waals surface area contributed by atoms with Crippen LogP contribution >= 0.6 is 0 Å². The molecule has 7 heteroatoms. The molecule has 0 aliphatic carbocycles. The maximum Gasteiger partial charge on any atom is 0.385 e. The van der Waals surface area contributed by atoms with Crippen molar-refractivity contribution < 1.29 is 24.0 Å². The fraction of sp³-hybridized carbons (Fsp3) is 0.200. The lowest BCUT2D eigenvalue weighted by atomic mass is 9.91. The summed E-state index contributed by atoms with van der Waals surface area (Å²) in [6.45, 7) is 0. The van der Waals surface area contributed by atoms with E-state index in [2.05, 4.69) is 4.74 Å². The Bertz CT molecular complexity index is 794. The number of benzene rings is 2. The highest BCUT2D eigenvalue weighted by Gasteiger charge is 2.46. The van der Waals surface area contributed by atoms with Gasteiger partial charge in [0.05, 0.1) is 12.7 Å². The Morgan fingerprint density at radius 1 is 1.32 bits per heavy atom. The third kappa shape index (κ3) is 1.98. The number of ether oxygens (including phenoxy) is 2. The third-order valence-electron chi connectivity index (χ3n) is 3.65. The smallest absolute Gasteiger partial charge is 0.385 e. The summed E-state index contributed by atoms with van der Waals surface area (Å²) in [5.74, 6) is -1.75. The largest absolute Gasteiger partial charge is 0.464 e. The van der Waals surface area contributed by atoms with E-state index in [9.17, 15) is 19.7 Å². The van der Waals surface area contributed by atoms with Gasteiger partial charge in [0.25, 0.3) is 0 Å². The molecule has 1 aliphatic rings. The second-order valence-electron chi connectivity index (χ2n) is 4.83. The molecule has 2 aromatic rings. The molecule has 0 radical (unpaired) electrons. The number of hydrogen-bond donors (Lipinski definition) is 0. The molecular formula is C15H11NO6. The first-order valence-corrected chi connectivity index (χ1v) is 6.48. The van der Waals surface area contributed by atoms with Gasteiger partial charge in [-0.1, -0.05) is 30.3 Å². The quantitative estimate of drug-likeness (QED) is 0.488. The number of nitrogens with zero attached hydrogens (tertiary/aromatic N) is 1. The van der Waals surface area contributed by atoms with Crippen LogP contribution in [0.3, 0.4) is 0 Å². The molecule has 0 amide bonds. The van der Waals surface area contributed by atoms with Crippen LogP contribution < -0.4 is 0 Å². The Morgan fingerprint density at radius 2 is 2.00 bits per heavy atom. The van der Waals surface area contributed by atoms with Crippen LogP contribution in [0.2, 0.25) is 0 Å². The van der Waals surface area contributed by atoms with Crippen LogP contribution in [0.5, 0.6) is 0 Å². The Morgan fingerprint density at radius 3 is 2.64 bits per heavy atom. The molecular weight excluding hydrogens is 290 g/mol. The SMILES string of the molecule is COC(=O)C(C1OC(=O)c2cccc3cccc1c23)[N+](=O)[O-]. The molecule has 0 fully saturated rings. The molecule has 0 aromatic heterocycles. The summed E-state index contributed by atoms with van der Waals surface area (Å²) in [5, 5.41) is 12.6. The van der Waals surface area contributed by atoms with Crippen LogP contribution in [0.15, 0.2) is 36.4 Å². The first kappa shape index (κ1) is 14.0. The highest BCUT2D eigenvalue weighted by Crippen LogP contribution is 2.37. The van der Waals surface area contributed by atoms with Gasteiger partial charge in [-0.05, 0) is 11.5 Å². The van der Waals surface area contributed by atoms with Crippen LogP contribution in [-0.4, -0.2) is 30.0 Å². The summed E-state index contributed by atoms with van der Waals surface area (Å²) in [6.07, 6.45) is -1.31. The highest BCUT2D eigenvalue weighted by atomic mass is 16.6. The standard InChI is InChI=1S/C15H11NO6/c1-21-15(18)12(16(19)20)13-9-6-2-4-8-5-3-7-10(11(8)9)14(17)22-13/h2-7,12-13H,1H3. The first-order chi connectivity index (χ1) is 10.5. The summed E-state index contributed by atoms with van der Waals surface area (Å²) in [7, 11) is 1.05. The molecule has 7 nitrogen and oxygen atoms in total. The minimum absolute atomic E-state index is 0.330. The predicted octanol–water partition coefficient (Wildman–Crippen LogP) is 1.87. The second-order valence-corrected chi connectivity index (χ2v) is 4.83. The van der Waals surface area contributed by atoms with Gasteiger partial charge in [-0.15, -0.1) is 0 Å². The van der Waals surface area contributed by atoms with Gasteiger partial charge in [-0.2, -0.15) is 0 Å². The van der Waals surface area contributed by atoms with E-state index in [0.717, 1.165) is 12.5 Å².